The van der Waals surface area contributed by atoms with Crippen LogP contribution in [0.2, 0.25) is 0 Å². The topological polar surface area (TPSA) is 88.4 Å². The Morgan fingerprint density at radius 2 is 1.60 bits per heavy atom. The molecule has 0 radical (unpaired) electrons. The molecular weight excluding hydrogens is 603 g/mol. The van der Waals surface area contributed by atoms with Gasteiger partial charge in [-0.3, -0.25) is 9.36 Å². The van der Waals surface area contributed by atoms with Gasteiger partial charge in [0.2, 0.25) is 15.9 Å². The number of aryl methyl sites for hydroxylation is 1. The van der Waals surface area contributed by atoms with Crippen LogP contribution in [0.4, 0.5) is 0 Å². The molecule has 5 aromatic rings. The number of aromatic nitrogens is 3. The average molecular weight is 640 g/mol. The second-order valence-corrected chi connectivity index (χ2v) is 14.4. The fourth-order valence-electron chi connectivity index (χ4n) is 5.75. The van der Waals surface area contributed by atoms with E-state index in [-0.39, 0.29) is 18.5 Å². The summed E-state index contributed by atoms with van der Waals surface area (Å²) in [5.41, 5.74) is 3.21. The van der Waals surface area contributed by atoms with Gasteiger partial charge in [-0.1, -0.05) is 90.1 Å². The second-order valence-electron chi connectivity index (χ2n) is 11.5. The van der Waals surface area contributed by atoms with Crippen molar-refractivity contribution >= 4 is 38.5 Å². The van der Waals surface area contributed by atoms with Gasteiger partial charge >= 0.3 is 0 Å². The maximum Gasteiger partial charge on any atom is 0.243 e. The number of carbonyl (C=O) groups is 1. The second kappa shape index (κ2) is 13.6. The van der Waals surface area contributed by atoms with Gasteiger partial charge in [-0.05, 0) is 61.7 Å². The first-order valence-corrected chi connectivity index (χ1v) is 17.7. The van der Waals surface area contributed by atoms with Crippen LogP contribution in [0.5, 0.6) is 0 Å². The van der Waals surface area contributed by atoms with E-state index in [2.05, 4.69) is 58.1 Å². The third-order valence-electron chi connectivity index (χ3n) is 8.22. The van der Waals surface area contributed by atoms with Crippen molar-refractivity contribution in [3.05, 3.63) is 103 Å². The van der Waals surface area contributed by atoms with E-state index in [1.807, 2.05) is 60.4 Å². The molecular formula is C35H37N5O3S2. The van der Waals surface area contributed by atoms with Gasteiger partial charge in [0, 0.05) is 49.1 Å². The maximum atomic E-state index is 13.5. The van der Waals surface area contributed by atoms with E-state index in [4.69, 9.17) is 0 Å². The number of unbranched alkanes of at least 4 members (excludes halogenated alkanes) is 1. The van der Waals surface area contributed by atoms with Gasteiger partial charge in [-0.15, -0.1) is 10.2 Å². The number of sulfonamides is 1. The highest BCUT2D eigenvalue weighted by Crippen LogP contribution is 2.29. The van der Waals surface area contributed by atoms with Crippen LogP contribution in [-0.4, -0.2) is 69.7 Å². The molecule has 1 aromatic heterocycles. The molecule has 232 valence electrons. The smallest absolute Gasteiger partial charge is 0.243 e. The monoisotopic (exact) mass is 639 g/mol. The predicted octanol–water partition coefficient (Wildman–Crippen LogP) is 6.58. The fourth-order valence-corrected chi connectivity index (χ4v) is 8.35. The Bertz CT molecular complexity index is 1890. The van der Waals surface area contributed by atoms with E-state index in [9.17, 15) is 13.2 Å². The van der Waals surface area contributed by atoms with Gasteiger partial charge < -0.3 is 4.90 Å². The van der Waals surface area contributed by atoms with Crippen molar-refractivity contribution in [3.63, 3.8) is 0 Å². The number of para-hydroxylation sites is 1. The largest absolute Gasteiger partial charge is 0.340 e. The number of nitrogens with zero attached hydrogens (tertiary/aromatic N) is 5. The first-order chi connectivity index (χ1) is 21.8. The van der Waals surface area contributed by atoms with Crippen molar-refractivity contribution < 1.29 is 13.2 Å². The van der Waals surface area contributed by atoms with E-state index in [0.717, 1.165) is 51.6 Å². The summed E-state index contributed by atoms with van der Waals surface area (Å²) in [6, 6.07) is 31.1. The Balaban J connectivity index is 1.02. The maximum absolute atomic E-state index is 13.5. The van der Waals surface area contributed by atoms with Gasteiger partial charge in [0.05, 0.1) is 4.90 Å². The Morgan fingerprint density at radius 3 is 2.36 bits per heavy atom. The minimum absolute atomic E-state index is 0.0729. The van der Waals surface area contributed by atoms with Crippen LogP contribution in [0, 0.1) is 6.92 Å². The van der Waals surface area contributed by atoms with Crippen LogP contribution in [-0.2, 0) is 14.8 Å². The summed E-state index contributed by atoms with van der Waals surface area (Å²) in [5.74, 6) is 1.68. The summed E-state index contributed by atoms with van der Waals surface area (Å²) in [6.45, 7) is 5.02. The number of amides is 1. The molecule has 0 saturated carbocycles. The van der Waals surface area contributed by atoms with Crippen molar-refractivity contribution in [2.75, 3.05) is 25.4 Å². The number of benzene rings is 4. The SMILES string of the molecule is Cc1ccc(-c2nnc(SCCCCC(=O)N3CCN(S(=O)(=O)c4ccc5ccccc5c4)C(C)C3)n2-c2ccccc2)cc1. The predicted molar refractivity (Wildman–Crippen MR) is 180 cm³/mol. The average Bonchev–Trinajstić information content (AvgIpc) is 3.48. The van der Waals surface area contributed by atoms with Crippen molar-refractivity contribution in [1.82, 2.24) is 24.0 Å². The van der Waals surface area contributed by atoms with E-state index >= 15 is 0 Å². The lowest BCUT2D eigenvalue weighted by atomic mass is 10.1. The molecule has 0 aliphatic carbocycles. The third-order valence-corrected chi connectivity index (χ3v) is 11.2. The molecule has 0 bridgehead atoms. The molecule has 1 aliphatic heterocycles. The lowest BCUT2D eigenvalue weighted by Crippen LogP contribution is -2.55. The van der Waals surface area contributed by atoms with Gasteiger partial charge in [0.1, 0.15) is 0 Å². The van der Waals surface area contributed by atoms with Crippen LogP contribution in [0.25, 0.3) is 27.8 Å². The highest BCUT2D eigenvalue weighted by Gasteiger charge is 2.35. The van der Waals surface area contributed by atoms with E-state index < -0.39 is 10.0 Å². The van der Waals surface area contributed by atoms with Crippen LogP contribution in [0.15, 0.2) is 107 Å². The molecule has 1 saturated heterocycles. The van der Waals surface area contributed by atoms with Crippen LogP contribution < -0.4 is 0 Å². The summed E-state index contributed by atoms with van der Waals surface area (Å²) in [5, 5.41) is 11.8. The summed E-state index contributed by atoms with van der Waals surface area (Å²) < 4.78 is 30.6. The highest BCUT2D eigenvalue weighted by atomic mass is 32.2. The highest BCUT2D eigenvalue weighted by molar-refractivity contribution is 7.99. The molecule has 1 unspecified atom stereocenters. The van der Waals surface area contributed by atoms with E-state index in [1.54, 1.807) is 23.9 Å². The Morgan fingerprint density at radius 1 is 0.867 bits per heavy atom. The summed E-state index contributed by atoms with van der Waals surface area (Å²) in [7, 11) is -3.66. The zero-order valence-electron chi connectivity index (χ0n) is 25.5. The van der Waals surface area contributed by atoms with Gasteiger partial charge in [-0.2, -0.15) is 4.31 Å². The molecule has 6 rings (SSSR count). The molecule has 4 aromatic carbocycles. The van der Waals surface area contributed by atoms with Crippen LogP contribution in [0.3, 0.4) is 0 Å². The minimum atomic E-state index is -3.66. The number of fused-ring (bicyclic) bond motifs is 1. The van der Waals surface area contributed by atoms with Crippen molar-refractivity contribution in [1.29, 1.82) is 0 Å². The summed E-state index contributed by atoms with van der Waals surface area (Å²) >= 11 is 1.64. The molecule has 8 nitrogen and oxygen atoms in total. The zero-order valence-corrected chi connectivity index (χ0v) is 27.2. The van der Waals surface area contributed by atoms with Crippen molar-refractivity contribution in [2.45, 2.75) is 49.2 Å². The molecule has 0 N–H and O–H groups in total. The molecule has 10 heteroatoms. The van der Waals surface area contributed by atoms with Crippen molar-refractivity contribution in [3.8, 4) is 17.1 Å². The van der Waals surface area contributed by atoms with Gasteiger partial charge in [0.25, 0.3) is 0 Å². The van der Waals surface area contributed by atoms with Gasteiger partial charge in [0.15, 0.2) is 11.0 Å². The fraction of sp³-hybridized carbons (Fsp3) is 0.286. The summed E-state index contributed by atoms with van der Waals surface area (Å²) in [4.78, 5) is 15.2. The van der Waals surface area contributed by atoms with E-state index in [1.165, 1.54) is 9.87 Å². The normalized spacial score (nSPS) is 15.9. The Hall–Kier alpha value is -3.99. The molecule has 1 atom stereocenters. The van der Waals surface area contributed by atoms with Gasteiger partial charge in [-0.25, -0.2) is 8.42 Å². The number of thioether (sulfide) groups is 1. The standard InChI is InChI=1S/C35H37N5O3S2/c1-26-15-17-29(18-16-26)34-36-37-35(40(34)31-12-4-3-5-13-31)44-23-9-8-14-33(41)38-21-22-39(27(2)25-38)45(42,43)32-20-19-28-10-6-7-11-30(28)24-32/h3-7,10-13,15-20,24,27H,8-9,14,21-23,25H2,1-2H3. The molecule has 1 amide bonds. The van der Waals surface area contributed by atoms with Crippen LogP contribution >= 0.6 is 11.8 Å². The molecule has 1 fully saturated rings. The first kappa shape index (κ1) is 31.0. The zero-order chi connectivity index (χ0) is 31.4. The number of rotatable bonds is 10. The quantitative estimate of drug-likeness (QED) is 0.127. The number of hydrogen-bond acceptors (Lipinski definition) is 6. The van der Waals surface area contributed by atoms with Crippen molar-refractivity contribution in [2.24, 2.45) is 0 Å². The molecule has 2 heterocycles. The lowest BCUT2D eigenvalue weighted by molar-refractivity contribution is -0.133. The molecule has 0 spiro atoms. The minimum Gasteiger partial charge on any atom is -0.340 e. The van der Waals surface area contributed by atoms with E-state index in [0.29, 0.717) is 24.4 Å². The third kappa shape index (κ3) is 6.83. The lowest BCUT2D eigenvalue weighted by Gasteiger charge is -2.39. The molecule has 1 aliphatic rings. The van der Waals surface area contributed by atoms with Crippen LogP contribution in [0.1, 0.15) is 31.7 Å². The molecule has 45 heavy (non-hydrogen) atoms. The summed E-state index contributed by atoms with van der Waals surface area (Å²) in [6.07, 6.45) is 2.04. The number of piperazine rings is 1. The Kier molecular flexibility index (Phi) is 9.34. The first-order valence-electron chi connectivity index (χ1n) is 15.3. The Labute approximate surface area is 269 Å². The number of hydrogen-bond donors (Lipinski definition) is 0. The number of carbonyl (C=O) groups excluding carboxylic acids is 1.